The molecule has 1 N–H and O–H groups in total. The van der Waals surface area contributed by atoms with Crippen molar-refractivity contribution in [1.82, 2.24) is 9.62 Å². The second-order valence-electron chi connectivity index (χ2n) is 4.94. The van der Waals surface area contributed by atoms with Crippen molar-refractivity contribution in [2.24, 2.45) is 0 Å². The number of rotatable bonds is 3. The molecule has 1 aliphatic rings. The molecule has 0 spiro atoms. The van der Waals surface area contributed by atoms with Gasteiger partial charge >= 0.3 is 6.18 Å². The Balaban J connectivity index is 2.54. The van der Waals surface area contributed by atoms with Crippen molar-refractivity contribution in [2.75, 3.05) is 19.6 Å². The van der Waals surface area contributed by atoms with Crippen molar-refractivity contribution in [2.45, 2.75) is 23.5 Å². The molecule has 1 aromatic carbocycles. The molecule has 1 saturated heterocycles. The van der Waals surface area contributed by atoms with Crippen LogP contribution in [0.4, 0.5) is 18.9 Å². The number of nitro benzene ring substituents is 1. The van der Waals surface area contributed by atoms with E-state index in [9.17, 15) is 31.7 Å². The van der Waals surface area contributed by atoms with Crippen LogP contribution in [0.1, 0.15) is 6.42 Å². The lowest BCUT2D eigenvalue weighted by atomic mass is 10.2. The Labute approximate surface area is 130 Å². The molecule has 0 saturated carbocycles. The lowest BCUT2D eigenvalue weighted by Crippen LogP contribution is -2.49. The Kier molecular flexibility index (Phi) is 4.92. The van der Waals surface area contributed by atoms with Crippen LogP contribution in [-0.4, -0.2) is 49.5 Å². The van der Waals surface area contributed by atoms with Gasteiger partial charge in [0, 0.05) is 19.2 Å². The summed E-state index contributed by atoms with van der Waals surface area (Å²) in [5.41, 5.74) is -0.745. The first-order chi connectivity index (χ1) is 10.7. The van der Waals surface area contributed by atoms with E-state index >= 15 is 0 Å². The normalized spacial score (nSPS) is 20.9. The fraction of sp³-hybridized carbons (Fsp3) is 0.500. The molecule has 1 aromatic rings. The van der Waals surface area contributed by atoms with Gasteiger partial charge < -0.3 is 5.32 Å². The van der Waals surface area contributed by atoms with Gasteiger partial charge in [-0.15, -0.1) is 0 Å². The van der Waals surface area contributed by atoms with E-state index in [0.717, 1.165) is 12.1 Å². The minimum Gasteiger partial charge on any atom is -0.315 e. The summed E-state index contributed by atoms with van der Waals surface area (Å²) in [4.78, 5) is 9.33. The van der Waals surface area contributed by atoms with Crippen LogP contribution in [0.25, 0.3) is 0 Å². The summed E-state index contributed by atoms with van der Waals surface area (Å²) < 4.78 is 65.2. The quantitative estimate of drug-likeness (QED) is 0.657. The summed E-state index contributed by atoms with van der Waals surface area (Å²) in [6.07, 6.45) is -5.22. The van der Waals surface area contributed by atoms with Gasteiger partial charge in [-0.05, 0) is 19.0 Å². The molecule has 1 aliphatic heterocycles. The molecule has 0 radical (unpaired) electrons. The van der Waals surface area contributed by atoms with Gasteiger partial charge in [-0.1, -0.05) is 12.1 Å². The second kappa shape index (κ2) is 6.42. The van der Waals surface area contributed by atoms with Crippen LogP contribution in [0, 0.1) is 10.1 Å². The predicted molar refractivity (Wildman–Crippen MR) is 74.3 cm³/mol. The zero-order valence-electron chi connectivity index (χ0n) is 11.8. The van der Waals surface area contributed by atoms with Gasteiger partial charge in [0.2, 0.25) is 0 Å². The smallest absolute Gasteiger partial charge is 0.315 e. The first-order valence-electron chi connectivity index (χ1n) is 6.68. The van der Waals surface area contributed by atoms with Gasteiger partial charge in [0.1, 0.15) is 6.04 Å². The molecule has 0 aliphatic carbocycles. The van der Waals surface area contributed by atoms with Crippen LogP contribution in [0.3, 0.4) is 0 Å². The molecule has 1 fully saturated rings. The van der Waals surface area contributed by atoms with E-state index in [0.29, 0.717) is 4.31 Å². The lowest BCUT2D eigenvalue weighted by molar-refractivity contribution is -0.387. The molecule has 7 nitrogen and oxygen atoms in total. The van der Waals surface area contributed by atoms with Crippen molar-refractivity contribution in [1.29, 1.82) is 0 Å². The molecule has 1 unspecified atom stereocenters. The Morgan fingerprint density at radius 2 is 1.91 bits per heavy atom. The summed E-state index contributed by atoms with van der Waals surface area (Å²) >= 11 is 0. The van der Waals surface area contributed by atoms with E-state index in [-0.39, 0.29) is 13.1 Å². The monoisotopic (exact) mass is 353 g/mol. The number of nitrogens with zero attached hydrogens (tertiary/aromatic N) is 2. The largest absolute Gasteiger partial charge is 0.405 e. The lowest BCUT2D eigenvalue weighted by Gasteiger charge is -2.30. The molecule has 0 bridgehead atoms. The fourth-order valence-corrected chi connectivity index (χ4v) is 4.22. The van der Waals surface area contributed by atoms with E-state index in [2.05, 4.69) is 5.32 Å². The summed E-state index contributed by atoms with van der Waals surface area (Å²) in [6, 6.07) is 2.16. The topological polar surface area (TPSA) is 92.5 Å². The van der Waals surface area contributed by atoms with Crippen molar-refractivity contribution < 1.29 is 26.5 Å². The van der Waals surface area contributed by atoms with Crippen LogP contribution >= 0.6 is 0 Å². The Morgan fingerprint density at radius 3 is 2.52 bits per heavy atom. The highest BCUT2D eigenvalue weighted by Crippen LogP contribution is 2.34. The Bertz CT molecular complexity index is 693. The van der Waals surface area contributed by atoms with Gasteiger partial charge in [0.25, 0.3) is 15.7 Å². The van der Waals surface area contributed by atoms with E-state index in [1.807, 2.05) is 0 Å². The molecule has 128 valence electrons. The average Bonchev–Trinajstić information content (AvgIpc) is 2.73. The van der Waals surface area contributed by atoms with Gasteiger partial charge in [-0.3, -0.25) is 10.1 Å². The number of alkyl halides is 3. The molecular weight excluding hydrogens is 339 g/mol. The summed E-state index contributed by atoms with van der Waals surface area (Å²) in [7, 11) is -4.66. The number of hydrogen-bond acceptors (Lipinski definition) is 5. The number of nitrogens with one attached hydrogen (secondary N) is 1. The zero-order valence-corrected chi connectivity index (χ0v) is 12.6. The minimum absolute atomic E-state index is 0.00702. The Morgan fingerprint density at radius 1 is 1.26 bits per heavy atom. The van der Waals surface area contributed by atoms with Crippen molar-refractivity contribution >= 4 is 15.7 Å². The van der Waals surface area contributed by atoms with E-state index in [1.165, 1.54) is 12.1 Å². The number of nitro groups is 1. The van der Waals surface area contributed by atoms with E-state index < -0.39 is 50.7 Å². The van der Waals surface area contributed by atoms with Crippen LogP contribution in [-0.2, 0) is 10.0 Å². The third-order valence-electron chi connectivity index (χ3n) is 3.48. The van der Waals surface area contributed by atoms with Gasteiger partial charge in [-0.25, -0.2) is 8.42 Å². The highest BCUT2D eigenvalue weighted by Gasteiger charge is 2.49. The number of hydrogen-bond donors (Lipinski definition) is 1. The zero-order chi connectivity index (χ0) is 17.3. The number of sulfonamides is 1. The van der Waals surface area contributed by atoms with Crippen LogP contribution in [0.2, 0.25) is 0 Å². The highest BCUT2D eigenvalue weighted by molar-refractivity contribution is 7.89. The standard InChI is InChI=1S/C12H14F3N3O4S/c13-12(14,15)11-5-6-16-7-8-17(11)23(21,22)10-4-2-1-3-9(10)18(19)20/h1-4,11,16H,5-8H2. The molecule has 1 heterocycles. The fourth-order valence-electron chi connectivity index (χ4n) is 2.42. The van der Waals surface area contributed by atoms with Gasteiger partial charge in [0.05, 0.1) is 4.92 Å². The predicted octanol–water partition coefficient (Wildman–Crippen LogP) is 1.51. The molecule has 23 heavy (non-hydrogen) atoms. The molecular formula is C12H14F3N3O4S. The molecule has 11 heteroatoms. The third kappa shape index (κ3) is 3.62. The molecule has 1 atom stereocenters. The average molecular weight is 353 g/mol. The number of para-hydroxylation sites is 1. The first-order valence-corrected chi connectivity index (χ1v) is 8.12. The van der Waals surface area contributed by atoms with Crippen molar-refractivity contribution in [3.05, 3.63) is 34.4 Å². The summed E-state index contributed by atoms with van der Waals surface area (Å²) in [5, 5.41) is 13.7. The highest BCUT2D eigenvalue weighted by atomic mass is 32.2. The molecule has 2 rings (SSSR count). The van der Waals surface area contributed by atoms with Crippen molar-refractivity contribution in [3.63, 3.8) is 0 Å². The third-order valence-corrected chi connectivity index (χ3v) is 5.43. The minimum atomic E-state index is -4.76. The van der Waals surface area contributed by atoms with Crippen LogP contribution in [0.5, 0.6) is 0 Å². The van der Waals surface area contributed by atoms with Crippen LogP contribution < -0.4 is 5.32 Å². The van der Waals surface area contributed by atoms with Crippen molar-refractivity contribution in [3.8, 4) is 0 Å². The molecule has 0 amide bonds. The van der Waals surface area contributed by atoms with Gasteiger partial charge in [0.15, 0.2) is 4.90 Å². The number of halogens is 3. The maximum absolute atomic E-state index is 13.2. The van der Waals surface area contributed by atoms with Crippen LogP contribution in [0.15, 0.2) is 29.2 Å². The maximum Gasteiger partial charge on any atom is 0.405 e. The first kappa shape index (κ1) is 17.6. The van der Waals surface area contributed by atoms with E-state index in [4.69, 9.17) is 0 Å². The van der Waals surface area contributed by atoms with Gasteiger partial charge in [-0.2, -0.15) is 17.5 Å². The SMILES string of the molecule is O=[N+]([O-])c1ccccc1S(=O)(=O)N1CCNCCC1C(F)(F)F. The molecule has 0 aromatic heterocycles. The van der Waals surface area contributed by atoms with E-state index in [1.54, 1.807) is 0 Å². The second-order valence-corrected chi connectivity index (χ2v) is 6.80. The maximum atomic E-state index is 13.2. The summed E-state index contributed by atoms with van der Waals surface area (Å²) in [6.45, 7) is -0.377. The summed E-state index contributed by atoms with van der Waals surface area (Å²) in [5.74, 6) is 0. The number of benzene rings is 1. The Hall–Kier alpha value is -1.72.